The molecule has 0 N–H and O–H groups in total. The van der Waals surface area contributed by atoms with Crippen LogP contribution in [0.25, 0.3) is 0 Å². The first-order valence-electron chi connectivity index (χ1n) is 5.57. The van der Waals surface area contributed by atoms with Crippen molar-refractivity contribution >= 4 is 11.6 Å². The molecule has 6 heteroatoms. The number of anilines is 1. The lowest BCUT2D eigenvalue weighted by Gasteiger charge is -2.22. The van der Waals surface area contributed by atoms with Crippen molar-refractivity contribution < 1.29 is 13.6 Å². The zero-order valence-electron chi connectivity index (χ0n) is 10.2. The second-order valence-corrected chi connectivity index (χ2v) is 4.20. The van der Waals surface area contributed by atoms with Crippen molar-refractivity contribution in [1.82, 2.24) is 9.78 Å². The van der Waals surface area contributed by atoms with Crippen LogP contribution in [0.5, 0.6) is 0 Å². The number of halogens is 2. The molecule has 4 nitrogen and oxygen atoms in total. The van der Waals surface area contributed by atoms with Gasteiger partial charge in [0, 0.05) is 19.3 Å². The van der Waals surface area contributed by atoms with Gasteiger partial charge in [-0.1, -0.05) is 13.8 Å². The van der Waals surface area contributed by atoms with Gasteiger partial charge in [-0.15, -0.1) is 0 Å². The minimum atomic E-state index is -2.99. The third-order valence-corrected chi connectivity index (χ3v) is 2.26. The first kappa shape index (κ1) is 13.6. The average molecular weight is 245 g/mol. The largest absolute Gasteiger partial charge is 0.316 e. The fourth-order valence-electron chi connectivity index (χ4n) is 1.47. The number of carbonyl (C=O) groups is 1. The molecule has 0 radical (unpaired) electrons. The zero-order chi connectivity index (χ0) is 13.0. The second-order valence-electron chi connectivity index (χ2n) is 4.20. The van der Waals surface area contributed by atoms with Gasteiger partial charge in [0.15, 0.2) is 0 Å². The van der Waals surface area contributed by atoms with E-state index in [-0.39, 0.29) is 12.5 Å². The normalized spacial score (nSPS) is 11.2. The Bertz CT molecular complexity index is 377. The van der Waals surface area contributed by atoms with Crippen LogP contribution in [-0.2, 0) is 11.3 Å². The van der Waals surface area contributed by atoms with Gasteiger partial charge in [-0.25, -0.2) is 0 Å². The first-order chi connectivity index (χ1) is 7.95. The Hall–Kier alpha value is -1.46. The molecule has 0 unspecified atom stereocenters. The summed E-state index contributed by atoms with van der Waals surface area (Å²) in [7, 11) is 0. The molecule has 96 valence electrons. The summed E-state index contributed by atoms with van der Waals surface area (Å²) in [6, 6.07) is 0. The molecule has 0 bridgehead atoms. The summed E-state index contributed by atoms with van der Waals surface area (Å²) in [5, 5.41) is 3.98. The maximum absolute atomic E-state index is 12.5. The number of alkyl halides is 2. The van der Waals surface area contributed by atoms with Crippen molar-refractivity contribution in [3.63, 3.8) is 0 Å². The van der Waals surface area contributed by atoms with Gasteiger partial charge >= 0.3 is 6.43 Å². The molecule has 0 aliphatic rings. The summed E-state index contributed by atoms with van der Waals surface area (Å²) < 4.78 is 26.6. The van der Waals surface area contributed by atoms with Crippen molar-refractivity contribution in [3.05, 3.63) is 12.4 Å². The molecule has 0 saturated carbocycles. The minimum Gasteiger partial charge on any atom is -0.304 e. The SMILES string of the molecule is CCn1cc(N(CC(C)C)C(=O)C(F)F)cn1. The molecule has 1 heterocycles. The summed E-state index contributed by atoms with van der Waals surface area (Å²) >= 11 is 0. The second kappa shape index (κ2) is 5.75. The topological polar surface area (TPSA) is 38.1 Å². The van der Waals surface area contributed by atoms with Crippen LogP contribution in [0.1, 0.15) is 20.8 Å². The van der Waals surface area contributed by atoms with Crippen LogP contribution in [0.3, 0.4) is 0 Å². The van der Waals surface area contributed by atoms with Crippen LogP contribution in [0.4, 0.5) is 14.5 Å². The van der Waals surface area contributed by atoms with Crippen molar-refractivity contribution in [3.8, 4) is 0 Å². The van der Waals surface area contributed by atoms with Crippen LogP contribution < -0.4 is 4.90 Å². The Labute approximate surface area is 99.2 Å². The highest BCUT2D eigenvalue weighted by Crippen LogP contribution is 2.17. The standard InChI is InChI=1S/C11H17F2N3O/c1-4-15-7-9(5-14-15)16(6-8(2)3)11(17)10(12)13/h5,7-8,10H,4,6H2,1-3H3. The van der Waals surface area contributed by atoms with E-state index in [9.17, 15) is 13.6 Å². The van der Waals surface area contributed by atoms with E-state index < -0.39 is 12.3 Å². The van der Waals surface area contributed by atoms with Crippen LogP contribution in [0, 0.1) is 5.92 Å². The van der Waals surface area contributed by atoms with Gasteiger partial charge < -0.3 is 4.90 Å². The minimum absolute atomic E-state index is 0.114. The molecule has 0 aliphatic heterocycles. The number of rotatable bonds is 5. The smallest absolute Gasteiger partial charge is 0.304 e. The lowest BCUT2D eigenvalue weighted by atomic mass is 10.2. The number of nitrogens with zero attached hydrogens (tertiary/aromatic N) is 3. The van der Waals surface area contributed by atoms with Crippen LogP contribution in [0.2, 0.25) is 0 Å². The molecular formula is C11H17F2N3O. The summed E-state index contributed by atoms with van der Waals surface area (Å²) in [5.74, 6) is -1.06. The van der Waals surface area contributed by atoms with Crippen LogP contribution >= 0.6 is 0 Å². The number of aryl methyl sites for hydroxylation is 1. The Balaban J connectivity index is 2.93. The molecule has 1 amide bonds. The summed E-state index contributed by atoms with van der Waals surface area (Å²) in [6.45, 7) is 6.53. The lowest BCUT2D eigenvalue weighted by Crippen LogP contribution is -2.38. The summed E-state index contributed by atoms with van der Waals surface area (Å²) in [5.41, 5.74) is 0.422. The fourth-order valence-corrected chi connectivity index (χ4v) is 1.47. The van der Waals surface area contributed by atoms with E-state index in [1.807, 2.05) is 20.8 Å². The van der Waals surface area contributed by atoms with Crippen molar-refractivity contribution in [2.45, 2.75) is 33.7 Å². The molecule has 1 aromatic rings. The monoisotopic (exact) mass is 245 g/mol. The average Bonchev–Trinajstić information content (AvgIpc) is 2.72. The van der Waals surface area contributed by atoms with Crippen LogP contribution in [-0.4, -0.2) is 28.7 Å². The summed E-state index contributed by atoms with van der Waals surface area (Å²) in [4.78, 5) is 12.5. The highest BCUT2D eigenvalue weighted by atomic mass is 19.3. The van der Waals surface area contributed by atoms with Gasteiger partial charge in [0.05, 0.1) is 11.9 Å². The van der Waals surface area contributed by atoms with Gasteiger partial charge in [0.25, 0.3) is 5.91 Å². The Morgan fingerprint density at radius 1 is 1.53 bits per heavy atom. The van der Waals surface area contributed by atoms with Gasteiger partial charge in [0.2, 0.25) is 0 Å². The number of hydrogen-bond donors (Lipinski definition) is 0. The highest BCUT2D eigenvalue weighted by molar-refractivity contribution is 5.95. The van der Waals surface area contributed by atoms with E-state index in [4.69, 9.17) is 0 Å². The van der Waals surface area contributed by atoms with Gasteiger partial charge in [-0.05, 0) is 12.8 Å². The number of aromatic nitrogens is 2. The van der Waals surface area contributed by atoms with Gasteiger partial charge in [-0.2, -0.15) is 13.9 Å². The van der Waals surface area contributed by atoms with E-state index in [2.05, 4.69) is 5.10 Å². The number of amides is 1. The van der Waals surface area contributed by atoms with E-state index in [1.165, 1.54) is 6.20 Å². The van der Waals surface area contributed by atoms with E-state index in [0.717, 1.165) is 4.90 Å². The predicted octanol–water partition coefficient (Wildman–Crippen LogP) is 2.16. The van der Waals surface area contributed by atoms with Crippen molar-refractivity contribution in [1.29, 1.82) is 0 Å². The molecule has 17 heavy (non-hydrogen) atoms. The molecular weight excluding hydrogens is 228 g/mol. The summed E-state index contributed by atoms with van der Waals surface area (Å²) in [6.07, 6.45) is 0.0492. The molecule has 0 aliphatic carbocycles. The van der Waals surface area contributed by atoms with E-state index in [0.29, 0.717) is 12.2 Å². The third kappa shape index (κ3) is 3.51. The Morgan fingerprint density at radius 3 is 2.59 bits per heavy atom. The van der Waals surface area contributed by atoms with E-state index >= 15 is 0 Å². The molecule has 0 fully saturated rings. The number of hydrogen-bond acceptors (Lipinski definition) is 2. The lowest BCUT2D eigenvalue weighted by molar-refractivity contribution is -0.129. The highest BCUT2D eigenvalue weighted by Gasteiger charge is 2.26. The van der Waals surface area contributed by atoms with Gasteiger partial charge in [0.1, 0.15) is 0 Å². The van der Waals surface area contributed by atoms with Crippen LogP contribution in [0.15, 0.2) is 12.4 Å². The van der Waals surface area contributed by atoms with Gasteiger partial charge in [-0.3, -0.25) is 9.48 Å². The predicted molar refractivity (Wildman–Crippen MR) is 61.1 cm³/mol. The molecule has 0 aromatic carbocycles. The fraction of sp³-hybridized carbons (Fsp3) is 0.636. The van der Waals surface area contributed by atoms with E-state index in [1.54, 1.807) is 10.9 Å². The molecule has 0 saturated heterocycles. The molecule has 1 rings (SSSR count). The maximum Gasteiger partial charge on any atom is 0.316 e. The van der Waals surface area contributed by atoms with Crippen molar-refractivity contribution in [2.24, 2.45) is 5.92 Å². The third-order valence-electron chi connectivity index (χ3n) is 2.26. The molecule has 1 aromatic heterocycles. The Morgan fingerprint density at radius 2 is 2.18 bits per heavy atom. The zero-order valence-corrected chi connectivity index (χ0v) is 10.2. The van der Waals surface area contributed by atoms with Crippen molar-refractivity contribution in [2.75, 3.05) is 11.4 Å². The maximum atomic E-state index is 12.5. The Kier molecular flexibility index (Phi) is 4.60. The first-order valence-corrected chi connectivity index (χ1v) is 5.57. The molecule has 0 spiro atoms. The quantitative estimate of drug-likeness (QED) is 0.797. The number of carbonyl (C=O) groups excluding carboxylic acids is 1. The molecule has 0 atom stereocenters.